The lowest BCUT2D eigenvalue weighted by Gasteiger charge is -2.09. The summed E-state index contributed by atoms with van der Waals surface area (Å²) in [6, 6.07) is 23.7. The summed E-state index contributed by atoms with van der Waals surface area (Å²) in [5, 5.41) is 2.92. The molecular weight excluding hydrogens is 350 g/mol. The third-order valence-electron chi connectivity index (χ3n) is 4.60. The van der Waals surface area contributed by atoms with Gasteiger partial charge in [0.05, 0.1) is 5.69 Å². The molecule has 4 aromatic rings. The van der Waals surface area contributed by atoms with E-state index in [1.54, 1.807) is 0 Å². The Morgan fingerprint density at radius 1 is 0.857 bits per heavy atom. The highest BCUT2D eigenvalue weighted by Crippen LogP contribution is 2.23. The van der Waals surface area contributed by atoms with E-state index in [9.17, 15) is 9.59 Å². The molecule has 0 aliphatic carbocycles. The Morgan fingerprint density at radius 3 is 2.36 bits per heavy atom. The van der Waals surface area contributed by atoms with Gasteiger partial charge in [0, 0.05) is 37.1 Å². The topological polar surface area (TPSA) is 62.9 Å². The fourth-order valence-electron chi connectivity index (χ4n) is 3.29. The van der Waals surface area contributed by atoms with Crippen LogP contribution in [0, 0.1) is 0 Å². The minimum absolute atomic E-state index is 0.000826. The second-order valence-corrected chi connectivity index (χ2v) is 6.69. The van der Waals surface area contributed by atoms with Crippen LogP contribution in [-0.4, -0.2) is 16.7 Å². The van der Waals surface area contributed by atoms with Crippen LogP contribution in [0.25, 0.3) is 27.8 Å². The van der Waals surface area contributed by atoms with Crippen molar-refractivity contribution in [2.75, 3.05) is 5.32 Å². The molecule has 0 fully saturated rings. The molecule has 3 aromatic carbocycles. The smallest absolute Gasteiger partial charge is 0.239 e. The maximum atomic E-state index is 12.3. The number of nitrogens with one attached hydrogen (secondary N) is 1. The Morgan fingerprint density at radius 2 is 1.57 bits per heavy atom. The van der Waals surface area contributed by atoms with Gasteiger partial charge >= 0.3 is 0 Å². The Balaban J connectivity index is 1.90. The number of para-hydroxylation sites is 4. The molecule has 1 amide bonds. The largest absolute Gasteiger partial charge is 0.324 e. The second kappa shape index (κ2) is 7.56. The number of rotatable bonds is 5. The number of ketones is 1. The van der Waals surface area contributed by atoms with Crippen LogP contribution in [0.5, 0.6) is 0 Å². The Kier molecular flexibility index (Phi) is 4.81. The van der Waals surface area contributed by atoms with Crippen molar-refractivity contribution in [1.82, 2.24) is 4.98 Å². The van der Waals surface area contributed by atoms with E-state index >= 15 is 0 Å². The zero-order valence-electron chi connectivity index (χ0n) is 15.6. The van der Waals surface area contributed by atoms with Crippen molar-refractivity contribution in [2.45, 2.75) is 19.8 Å². The lowest BCUT2D eigenvalue weighted by molar-refractivity contribution is -0.538. The molecule has 5 heteroatoms. The van der Waals surface area contributed by atoms with Gasteiger partial charge in [-0.2, -0.15) is 0 Å². The molecule has 0 radical (unpaired) electrons. The zero-order chi connectivity index (χ0) is 19.5. The zero-order valence-corrected chi connectivity index (χ0v) is 15.6. The van der Waals surface area contributed by atoms with Gasteiger partial charge in [0.1, 0.15) is 11.3 Å². The molecule has 1 N–H and O–H groups in total. The van der Waals surface area contributed by atoms with Gasteiger partial charge in [-0.25, -0.2) is 4.98 Å². The van der Waals surface area contributed by atoms with Gasteiger partial charge in [-0.3, -0.25) is 4.79 Å². The van der Waals surface area contributed by atoms with Crippen molar-refractivity contribution in [3.05, 3.63) is 72.8 Å². The standard InChI is InChI=1S/C23H19N3O2/c1-16(27)14-15-22(28)24-19-11-7-13-21-23(19)25-18-10-5-6-12-20(18)26(21)17-8-3-2-4-9-17/h2-13H,14-15H2,1H3/p+1. The first-order valence-corrected chi connectivity index (χ1v) is 9.22. The summed E-state index contributed by atoms with van der Waals surface area (Å²) < 4.78 is 2.14. The third-order valence-corrected chi connectivity index (χ3v) is 4.60. The summed E-state index contributed by atoms with van der Waals surface area (Å²) in [5.41, 5.74) is 5.09. The molecular formula is C23H20N3O2+. The number of anilines is 1. The quantitative estimate of drug-likeness (QED) is 0.427. The first-order chi connectivity index (χ1) is 13.6. The van der Waals surface area contributed by atoms with Crippen LogP contribution >= 0.6 is 0 Å². The first-order valence-electron chi connectivity index (χ1n) is 9.22. The SMILES string of the molecule is CC(=O)CCC(=O)Nc1cccc2c1nc1ccccc1[n+]2-c1ccccc1. The van der Waals surface area contributed by atoms with Gasteiger partial charge in [-0.05, 0) is 19.1 Å². The fourth-order valence-corrected chi connectivity index (χ4v) is 3.29. The van der Waals surface area contributed by atoms with Crippen molar-refractivity contribution in [3.8, 4) is 5.69 Å². The average molecular weight is 370 g/mol. The first kappa shape index (κ1) is 17.8. The summed E-state index contributed by atoms with van der Waals surface area (Å²) in [6.45, 7) is 1.49. The maximum Gasteiger partial charge on any atom is 0.239 e. The van der Waals surface area contributed by atoms with Gasteiger partial charge in [0.25, 0.3) is 0 Å². The van der Waals surface area contributed by atoms with Crippen molar-refractivity contribution < 1.29 is 14.2 Å². The molecule has 0 saturated heterocycles. The van der Waals surface area contributed by atoms with Crippen LogP contribution in [0.2, 0.25) is 0 Å². The lowest BCUT2D eigenvalue weighted by atomic mass is 10.1. The Labute approximate surface area is 162 Å². The number of hydrogen-bond donors (Lipinski definition) is 1. The molecule has 0 unspecified atom stereocenters. The monoisotopic (exact) mass is 370 g/mol. The predicted molar refractivity (Wildman–Crippen MR) is 109 cm³/mol. The third kappa shape index (κ3) is 3.47. The summed E-state index contributed by atoms with van der Waals surface area (Å²) >= 11 is 0. The van der Waals surface area contributed by atoms with Gasteiger partial charge < -0.3 is 10.1 Å². The van der Waals surface area contributed by atoms with E-state index in [1.807, 2.05) is 72.8 Å². The highest BCUT2D eigenvalue weighted by Gasteiger charge is 2.21. The molecule has 0 bridgehead atoms. The van der Waals surface area contributed by atoms with Crippen LogP contribution in [0.1, 0.15) is 19.8 Å². The van der Waals surface area contributed by atoms with E-state index in [-0.39, 0.29) is 24.5 Å². The van der Waals surface area contributed by atoms with Gasteiger partial charge in [0.15, 0.2) is 5.52 Å². The number of aromatic nitrogens is 2. The molecule has 138 valence electrons. The second-order valence-electron chi connectivity index (χ2n) is 6.69. The van der Waals surface area contributed by atoms with Crippen molar-refractivity contribution in [1.29, 1.82) is 0 Å². The minimum atomic E-state index is -0.191. The average Bonchev–Trinajstić information content (AvgIpc) is 2.71. The van der Waals surface area contributed by atoms with E-state index in [1.165, 1.54) is 6.92 Å². The number of fused-ring (bicyclic) bond motifs is 2. The molecule has 28 heavy (non-hydrogen) atoms. The molecule has 5 nitrogen and oxygen atoms in total. The molecule has 0 aliphatic rings. The number of carbonyl (C=O) groups excluding carboxylic acids is 2. The number of benzene rings is 3. The molecule has 1 aromatic heterocycles. The van der Waals surface area contributed by atoms with Crippen molar-refractivity contribution >= 4 is 39.4 Å². The summed E-state index contributed by atoms with van der Waals surface area (Å²) in [4.78, 5) is 28.3. The number of carbonyl (C=O) groups is 2. The lowest BCUT2D eigenvalue weighted by Crippen LogP contribution is -2.33. The normalized spacial score (nSPS) is 10.9. The van der Waals surface area contributed by atoms with Gasteiger partial charge in [0.2, 0.25) is 22.6 Å². The number of hydrogen-bond acceptors (Lipinski definition) is 3. The highest BCUT2D eigenvalue weighted by molar-refractivity contribution is 6.00. The van der Waals surface area contributed by atoms with Crippen LogP contribution in [-0.2, 0) is 9.59 Å². The van der Waals surface area contributed by atoms with E-state index in [0.29, 0.717) is 11.2 Å². The van der Waals surface area contributed by atoms with Crippen LogP contribution < -0.4 is 9.88 Å². The summed E-state index contributed by atoms with van der Waals surface area (Å²) in [5.74, 6) is -0.192. The minimum Gasteiger partial charge on any atom is -0.324 e. The molecule has 0 spiro atoms. The Bertz CT molecular complexity index is 1190. The van der Waals surface area contributed by atoms with Crippen molar-refractivity contribution in [2.24, 2.45) is 0 Å². The van der Waals surface area contributed by atoms with E-state index < -0.39 is 0 Å². The predicted octanol–water partition coefficient (Wildman–Crippen LogP) is 3.97. The molecule has 0 saturated carbocycles. The molecule has 1 heterocycles. The van der Waals surface area contributed by atoms with Gasteiger partial charge in [-0.1, -0.05) is 36.4 Å². The van der Waals surface area contributed by atoms with Crippen molar-refractivity contribution in [3.63, 3.8) is 0 Å². The molecule has 4 rings (SSSR count). The van der Waals surface area contributed by atoms with Crippen LogP contribution in [0.4, 0.5) is 5.69 Å². The van der Waals surface area contributed by atoms with E-state index in [0.717, 1.165) is 22.2 Å². The summed E-state index contributed by atoms with van der Waals surface area (Å²) in [6.07, 6.45) is 0.398. The number of amides is 1. The molecule has 0 aliphatic heterocycles. The van der Waals surface area contributed by atoms with E-state index in [4.69, 9.17) is 4.98 Å². The van der Waals surface area contributed by atoms with E-state index in [2.05, 4.69) is 9.88 Å². The van der Waals surface area contributed by atoms with Crippen LogP contribution in [0.3, 0.4) is 0 Å². The fraction of sp³-hybridized carbons (Fsp3) is 0.130. The number of nitrogens with zero attached hydrogens (tertiary/aromatic N) is 2. The number of Topliss-reactive ketones (excluding diaryl/α,β-unsaturated/α-hetero) is 1. The maximum absolute atomic E-state index is 12.3. The van der Waals surface area contributed by atoms with Gasteiger partial charge in [-0.15, -0.1) is 4.57 Å². The molecule has 0 atom stereocenters. The Hall–Kier alpha value is -3.60. The van der Waals surface area contributed by atoms with Crippen LogP contribution in [0.15, 0.2) is 72.8 Å². The summed E-state index contributed by atoms with van der Waals surface area (Å²) in [7, 11) is 0. The highest BCUT2D eigenvalue weighted by atomic mass is 16.2.